The first-order chi connectivity index (χ1) is 10.7. The summed E-state index contributed by atoms with van der Waals surface area (Å²) in [5.41, 5.74) is 0. The second-order valence-electron chi connectivity index (χ2n) is 4.26. The standard InChI is InChI=1S/C14H20N4O3S/c1-3-6-16-14(10-18(19)20)17-7-8-22-11-13-5-4-12(21-13)9-15-2/h1,4-5,10,15-17H,6-9,11H2,2H3/b14-10-. The first-order valence-electron chi connectivity index (χ1n) is 6.72. The molecule has 0 aliphatic heterocycles. The lowest BCUT2D eigenvalue weighted by molar-refractivity contribution is -0.404. The zero-order valence-electron chi connectivity index (χ0n) is 12.4. The van der Waals surface area contributed by atoms with Gasteiger partial charge < -0.3 is 20.4 Å². The Balaban J connectivity index is 2.24. The predicted molar refractivity (Wildman–Crippen MR) is 87.5 cm³/mol. The Morgan fingerprint density at radius 3 is 2.95 bits per heavy atom. The number of nitro groups is 1. The zero-order valence-corrected chi connectivity index (χ0v) is 13.2. The third kappa shape index (κ3) is 7.61. The molecule has 0 radical (unpaired) electrons. The van der Waals surface area contributed by atoms with Crippen LogP contribution in [-0.2, 0) is 12.3 Å². The molecule has 1 aromatic rings. The molecule has 22 heavy (non-hydrogen) atoms. The first kappa shape index (κ1) is 17.9. The largest absolute Gasteiger partial charge is 0.464 e. The van der Waals surface area contributed by atoms with Crippen LogP contribution in [0.25, 0.3) is 0 Å². The molecule has 0 saturated heterocycles. The van der Waals surface area contributed by atoms with Gasteiger partial charge in [-0.2, -0.15) is 11.8 Å². The van der Waals surface area contributed by atoms with Crippen LogP contribution in [0.5, 0.6) is 0 Å². The van der Waals surface area contributed by atoms with Crippen molar-refractivity contribution in [3.8, 4) is 12.3 Å². The van der Waals surface area contributed by atoms with E-state index in [9.17, 15) is 10.1 Å². The van der Waals surface area contributed by atoms with Crippen LogP contribution in [0, 0.1) is 22.5 Å². The maximum Gasteiger partial charge on any atom is 0.274 e. The molecule has 0 aliphatic carbocycles. The van der Waals surface area contributed by atoms with Crippen LogP contribution in [0.4, 0.5) is 0 Å². The van der Waals surface area contributed by atoms with Crippen molar-refractivity contribution in [3.05, 3.63) is 45.8 Å². The third-order valence-corrected chi connectivity index (χ3v) is 3.47. The van der Waals surface area contributed by atoms with Crippen LogP contribution in [0.1, 0.15) is 11.5 Å². The molecule has 1 aromatic heterocycles. The zero-order chi connectivity index (χ0) is 16.2. The van der Waals surface area contributed by atoms with Gasteiger partial charge in [0.15, 0.2) is 5.82 Å². The summed E-state index contributed by atoms with van der Waals surface area (Å²) < 4.78 is 5.62. The molecule has 0 aromatic carbocycles. The first-order valence-corrected chi connectivity index (χ1v) is 7.87. The van der Waals surface area contributed by atoms with Gasteiger partial charge in [-0.15, -0.1) is 6.42 Å². The van der Waals surface area contributed by atoms with Gasteiger partial charge in [-0.3, -0.25) is 10.1 Å². The van der Waals surface area contributed by atoms with Crippen molar-refractivity contribution in [1.82, 2.24) is 16.0 Å². The number of furan rings is 1. The topological polar surface area (TPSA) is 92.4 Å². The number of thioether (sulfide) groups is 1. The molecule has 0 saturated carbocycles. The fourth-order valence-electron chi connectivity index (χ4n) is 1.61. The van der Waals surface area contributed by atoms with Gasteiger partial charge in [0.25, 0.3) is 6.20 Å². The van der Waals surface area contributed by atoms with Crippen LogP contribution in [0.15, 0.2) is 28.6 Å². The number of nitrogens with zero attached hydrogens (tertiary/aromatic N) is 1. The maximum absolute atomic E-state index is 10.5. The molecular weight excluding hydrogens is 304 g/mol. The highest BCUT2D eigenvalue weighted by Crippen LogP contribution is 2.15. The molecule has 3 N–H and O–H groups in total. The molecule has 0 fully saturated rings. The van der Waals surface area contributed by atoms with E-state index >= 15 is 0 Å². The molecule has 0 aliphatic rings. The molecule has 0 spiro atoms. The van der Waals surface area contributed by atoms with E-state index in [1.807, 2.05) is 19.2 Å². The van der Waals surface area contributed by atoms with E-state index in [1.54, 1.807) is 11.8 Å². The Labute approximate surface area is 134 Å². The summed E-state index contributed by atoms with van der Waals surface area (Å²) in [5.74, 6) is 6.06. The van der Waals surface area contributed by atoms with Crippen molar-refractivity contribution in [3.63, 3.8) is 0 Å². The average molecular weight is 324 g/mol. The van der Waals surface area contributed by atoms with Gasteiger partial charge in [0.2, 0.25) is 0 Å². The SMILES string of the molecule is C#CCN/C(=C/[N+](=O)[O-])NCCSCc1ccc(CNC)o1. The van der Waals surface area contributed by atoms with E-state index in [0.29, 0.717) is 18.9 Å². The van der Waals surface area contributed by atoms with Crippen molar-refractivity contribution in [2.24, 2.45) is 0 Å². The second-order valence-corrected chi connectivity index (χ2v) is 5.37. The molecule has 1 heterocycles. The summed E-state index contributed by atoms with van der Waals surface area (Å²) in [6, 6.07) is 3.91. The quantitative estimate of drug-likeness (QED) is 0.243. The van der Waals surface area contributed by atoms with Gasteiger partial charge in [-0.05, 0) is 19.2 Å². The Hall–Kier alpha value is -2.11. The second kappa shape index (κ2) is 10.6. The van der Waals surface area contributed by atoms with Gasteiger partial charge in [-0.1, -0.05) is 5.92 Å². The monoisotopic (exact) mass is 324 g/mol. The van der Waals surface area contributed by atoms with Gasteiger partial charge in [0, 0.05) is 12.3 Å². The molecule has 0 atom stereocenters. The van der Waals surface area contributed by atoms with E-state index in [-0.39, 0.29) is 6.54 Å². The molecule has 120 valence electrons. The highest BCUT2D eigenvalue weighted by atomic mass is 32.2. The van der Waals surface area contributed by atoms with Crippen LogP contribution in [-0.4, -0.2) is 30.8 Å². The van der Waals surface area contributed by atoms with Crippen molar-refractivity contribution < 1.29 is 9.34 Å². The Bertz CT molecular complexity index is 536. The van der Waals surface area contributed by atoms with Crippen molar-refractivity contribution in [1.29, 1.82) is 0 Å². The Morgan fingerprint density at radius 2 is 2.27 bits per heavy atom. The molecule has 7 nitrogen and oxygen atoms in total. The summed E-state index contributed by atoms with van der Waals surface area (Å²) in [6.45, 7) is 1.54. The normalized spacial score (nSPS) is 11.0. The summed E-state index contributed by atoms with van der Waals surface area (Å²) in [5, 5.41) is 19.2. The molecular formula is C14H20N4O3S. The van der Waals surface area contributed by atoms with Gasteiger partial charge >= 0.3 is 0 Å². The van der Waals surface area contributed by atoms with Gasteiger partial charge in [-0.25, -0.2) is 0 Å². The lowest BCUT2D eigenvalue weighted by Crippen LogP contribution is -2.29. The van der Waals surface area contributed by atoms with E-state index in [2.05, 4.69) is 21.9 Å². The minimum absolute atomic E-state index is 0.237. The van der Waals surface area contributed by atoms with Crippen LogP contribution < -0.4 is 16.0 Å². The summed E-state index contributed by atoms with van der Waals surface area (Å²) >= 11 is 1.68. The molecule has 0 amide bonds. The van der Waals surface area contributed by atoms with Crippen molar-refractivity contribution in [2.45, 2.75) is 12.3 Å². The number of hydrogen-bond acceptors (Lipinski definition) is 7. The Kier molecular flexibility index (Phi) is 8.64. The van der Waals surface area contributed by atoms with Crippen LogP contribution in [0.3, 0.4) is 0 Å². The number of nitrogens with one attached hydrogen (secondary N) is 3. The van der Waals surface area contributed by atoms with Crippen molar-refractivity contribution in [2.75, 3.05) is 25.9 Å². The Morgan fingerprint density at radius 1 is 1.50 bits per heavy atom. The van der Waals surface area contributed by atoms with Gasteiger partial charge in [0.1, 0.15) is 11.5 Å². The molecule has 0 bridgehead atoms. The third-order valence-electron chi connectivity index (χ3n) is 2.49. The smallest absolute Gasteiger partial charge is 0.274 e. The number of hydrogen-bond donors (Lipinski definition) is 3. The highest BCUT2D eigenvalue weighted by molar-refractivity contribution is 7.98. The summed E-state index contributed by atoms with van der Waals surface area (Å²) in [6.07, 6.45) is 5.99. The van der Waals surface area contributed by atoms with Gasteiger partial charge in [0.05, 0.1) is 23.8 Å². The van der Waals surface area contributed by atoms with Crippen LogP contribution in [0.2, 0.25) is 0 Å². The average Bonchev–Trinajstić information content (AvgIpc) is 2.91. The maximum atomic E-state index is 10.5. The minimum atomic E-state index is -0.523. The van der Waals surface area contributed by atoms with E-state index in [1.165, 1.54) is 0 Å². The molecule has 1 rings (SSSR count). The fourth-order valence-corrected chi connectivity index (χ4v) is 2.35. The van der Waals surface area contributed by atoms with E-state index in [4.69, 9.17) is 10.8 Å². The summed E-state index contributed by atoms with van der Waals surface area (Å²) in [4.78, 5) is 9.95. The van der Waals surface area contributed by atoms with Crippen molar-refractivity contribution >= 4 is 11.8 Å². The highest BCUT2D eigenvalue weighted by Gasteiger charge is 2.03. The summed E-state index contributed by atoms with van der Waals surface area (Å²) in [7, 11) is 1.87. The lowest BCUT2D eigenvalue weighted by Gasteiger charge is -2.08. The fraction of sp³-hybridized carbons (Fsp3) is 0.429. The lowest BCUT2D eigenvalue weighted by atomic mass is 10.4. The number of rotatable bonds is 11. The minimum Gasteiger partial charge on any atom is -0.464 e. The van der Waals surface area contributed by atoms with Crippen LogP contribution >= 0.6 is 11.8 Å². The molecule has 0 unspecified atom stereocenters. The predicted octanol–water partition coefficient (Wildman–Crippen LogP) is 1.12. The van der Waals surface area contributed by atoms with E-state index in [0.717, 1.165) is 29.2 Å². The number of terminal acetylenes is 1. The van der Waals surface area contributed by atoms with E-state index < -0.39 is 4.92 Å². The molecule has 8 heteroatoms.